The van der Waals surface area contributed by atoms with Crippen LogP contribution in [0.25, 0.3) is 0 Å². The second kappa shape index (κ2) is 6.18. The fraction of sp³-hybridized carbons (Fsp3) is 0.286. The Hall–Kier alpha value is -2.37. The van der Waals surface area contributed by atoms with Gasteiger partial charge in [-0.25, -0.2) is 4.39 Å². The Morgan fingerprint density at radius 1 is 1.40 bits per heavy atom. The van der Waals surface area contributed by atoms with E-state index in [1.54, 1.807) is 19.1 Å². The van der Waals surface area contributed by atoms with Gasteiger partial charge >= 0.3 is 0 Å². The summed E-state index contributed by atoms with van der Waals surface area (Å²) in [6.45, 7) is 3.74. The molecule has 0 radical (unpaired) electrons. The minimum atomic E-state index is -0.436. The van der Waals surface area contributed by atoms with Gasteiger partial charge in [0.15, 0.2) is 11.6 Å². The van der Waals surface area contributed by atoms with Gasteiger partial charge in [0.2, 0.25) is 5.91 Å². The highest BCUT2D eigenvalue weighted by atomic mass is 19.1. The van der Waals surface area contributed by atoms with Crippen LogP contribution in [-0.4, -0.2) is 22.7 Å². The van der Waals surface area contributed by atoms with E-state index in [1.807, 2.05) is 6.92 Å². The molecule has 2 aromatic rings. The molecule has 2 rings (SSSR count). The van der Waals surface area contributed by atoms with Crippen molar-refractivity contribution >= 4 is 11.6 Å². The summed E-state index contributed by atoms with van der Waals surface area (Å²) < 4.78 is 18.5. The third-order valence-corrected chi connectivity index (χ3v) is 2.82. The van der Waals surface area contributed by atoms with Gasteiger partial charge in [0.05, 0.1) is 30.1 Å². The predicted molar refractivity (Wildman–Crippen MR) is 73.2 cm³/mol. The van der Waals surface area contributed by atoms with Crippen molar-refractivity contribution in [1.29, 1.82) is 0 Å². The van der Waals surface area contributed by atoms with Crippen molar-refractivity contribution in [3.63, 3.8) is 0 Å². The Morgan fingerprint density at radius 3 is 2.80 bits per heavy atom. The lowest BCUT2D eigenvalue weighted by Gasteiger charge is -2.08. The van der Waals surface area contributed by atoms with Crippen LogP contribution in [0.1, 0.15) is 17.8 Å². The second-order valence-corrected chi connectivity index (χ2v) is 4.39. The van der Waals surface area contributed by atoms with Crippen LogP contribution in [0.4, 0.5) is 10.1 Å². The molecule has 106 valence electrons. The normalized spacial score (nSPS) is 10.3. The van der Waals surface area contributed by atoms with Crippen molar-refractivity contribution in [2.75, 3.05) is 11.9 Å². The highest BCUT2D eigenvalue weighted by molar-refractivity contribution is 5.91. The maximum atomic E-state index is 13.3. The van der Waals surface area contributed by atoms with E-state index >= 15 is 0 Å². The number of nitrogens with zero attached hydrogens (tertiary/aromatic N) is 1. The van der Waals surface area contributed by atoms with Crippen LogP contribution >= 0.6 is 0 Å². The van der Waals surface area contributed by atoms with Crippen molar-refractivity contribution in [3.05, 3.63) is 41.5 Å². The number of hydrogen-bond acceptors (Lipinski definition) is 3. The number of ether oxygens (including phenoxy) is 1. The molecule has 1 aromatic heterocycles. The number of anilines is 1. The quantitative estimate of drug-likeness (QED) is 0.882. The number of aryl methyl sites for hydroxylation is 2. The molecule has 0 fully saturated rings. The lowest BCUT2D eigenvalue weighted by Crippen LogP contribution is -2.16. The van der Waals surface area contributed by atoms with E-state index in [-0.39, 0.29) is 24.7 Å². The van der Waals surface area contributed by atoms with Crippen LogP contribution in [0.5, 0.6) is 5.75 Å². The van der Waals surface area contributed by atoms with E-state index in [1.165, 1.54) is 12.1 Å². The molecule has 0 saturated heterocycles. The number of carbonyl (C=O) groups excluding carboxylic acids is 1. The molecule has 0 aliphatic rings. The van der Waals surface area contributed by atoms with Crippen molar-refractivity contribution < 1.29 is 13.9 Å². The summed E-state index contributed by atoms with van der Waals surface area (Å²) in [6.07, 6.45) is 0.137. The molecule has 0 unspecified atom stereocenters. The van der Waals surface area contributed by atoms with Crippen LogP contribution in [0.15, 0.2) is 24.3 Å². The minimum absolute atomic E-state index is 0.114. The van der Waals surface area contributed by atoms with Crippen LogP contribution in [0.3, 0.4) is 0 Å². The van der Waals surface area contributed by atoms with E-state index in [4.69, 9.17) is 4.74 Å². The van der Waals surface area contributed by atoms with Gasteiger partial charge in [-0.05, 0) is 26.0 Å². The molecular formula is C14H16FN3O2. The number of hydrogen-bond donors (Lipinski definition) is 2. The maximum absolute atomic E-state index is 13.3. The number of halogens is 1. The Morgan fingerprint density at radius 2 is 2.15 bits per heavy atom. The monoisotopic (exact) mass is 277 g/mol. The van der Waals surface area contributed by atoms with Gasteiger partial charge in [0, 0.05) is 0 Å². The molecule has 0 bridgehead atoms. The topological polar surface area (TPSA) is 67.0 Å². The van der Waals surface area contributed by atoms with Gasteiger partial charge in [-0.15, -0.1) is 0 Å². The maximum Gasteiger partial charge on any atom is 0.227 e. The first-order valence-corrected chi connectivity index (χ1v) is 6.26. The zero-order valence-corrected chi connectivity index (χ0v) is 11.4. The summed E-state index contributed by atoms with van der Waals surface area (Å²) >= 11 is 0. The van der Waals surface area contributed by atoms with Gasteiger partial charge < -0.3 is 10.1 Å². The van der Waals surface area contributed by atoms with Crippen LogP contribution in [0.2, 0.25) is 0 Å². The number of nitrogens with one attached hydrogen (secondary N) is 2. The van der Waals surface area contributed by atoms with Gasteiger partial charge in [-0.3, -0.25) is 9.89 Å². The standard InChI is InChI=1S/C14H16FN3O2/c1-9-14(10(2)18-17-9)16-13(19)7-8-20-12-6-4-3-5-11(12)15/h3-6H,7-8H2,1-2H3,(H,16,19)(H,17,18). The molecule has 0 atom stereocenters. The molecule has 1 amide bonds. The Balaban J connectivity index is 1.83. The summed E-state index contributed by atoms with van der Waals surface area (Å²) in [5.74, 6) is -0.487. The molecule has 5 nitrogen and oxygen atoms in total. The molecule has 1 aromatic carbocycles. The number of para-hydroxylation sites is 1. The third kappa shape index (κ3) is 3.34. The second-order valence-electron chi connectivity index (χ2n) is 4.39. The Kier molecular flexibility index (Phi) is 4.34. The predicted octanol–water partition coefficient (Wildman–Crippen LogP) is 2.57. The molecule has 0 spiro atoms. The highest BCUT2D eigenvalue weighted by Crippen LogP contribution is 2.17. The van der Waals surface area contributed by atoms with E-state index in [0.29, 0.717) is 5.69 Å². The fourth-order valence-corrected chi connectivity index (χ4v) is 1.75. The summed E-state index contributed by atoms with van der Waals surface area (Å²) in [7, 11) is 0. The molecule has 0 aliphatic carbocycles. The average molecular weight is 277 g/mol. The van der Waals surface area contributed by atoms with Gasteiger partial charge in [-0.2, -0.15) is 5.10 Å². The average Bonchev–Trinajstić information content (AvgIpc) is 2.73. The summed E-state index contributed by atoms with van der Waals surface area (Å²) in [5.41, 5.74) is 2.21. The van der Waals surface area contributed by atoms with E-state index < -0.39 is 5.82 Å². The van der Waals surface area contributed by atoms with Crippen LogP contribution < -0.4 is 10.1 Å². The number of H-pyrrole nitrogens is 1. The van der Waals surface area contributed by atoms with Crippen molar-refractivity contribution in [2.24, 2.45) is 0 Å². The van der Waals surface area contributed by atoms with Gasteiger partial charge in [-0.1, -0.05) is 12.1 Å². The van der Waals surface area contributed by atoms with E-state index in [9.17, 15) is 9.18 Å². The van der Waals surface area contributed by atoms with E-state index in [2.05, 4.69) is 15.5 Å². The lowest BCUT2D eigenvalue weighted by atomic mass is 10.3. The molecule has 20 heavy (non-hydrogen) atoms. The van der Waals surface area contributed by atoms with Gasteiger partial charge in [0.1, 0.15) is 0 Å². The first kappa shape index (κ1) is 14.0. The number of rotatable bonds is 5. The summed E-state index contributed by atoms with van der Waals surface area (Å²) in [6, 6.07) is 6.10. The number of benzene rings is 1. The van der Waals surface area contributed by atoms with Crippen molar-refractivity contribution in [2.45, 2.75) is 20.3 Å². The Labute approximate surface area is 116 Å². The zero-order chi connectivity index (χ0) is 14.5. The van der Waals surface area contributed by atoms with Crippen LogP contribution in [0, 0.1) is 19.7 Å². The first-order valence-electron chi connectivity index (χ1n) is 6.26. The first-order chi connectivity index (χ1) is 9.58. The fourth-order valence-electron chi connectivity index (χ4n) is 1.75. The summed E-state index contributed by atoms with van der Waals surface area (Å²) in [5, 5.41) is 9.53. The smallest absolute Gasteiger partial charge is 0.227 e. The number of carbonyl (C=O) groups is 1. The number of amides is 1. The molecule has 0 saturated carbocycles. The zero-order valence-electron chi connectivity index (χ0n) is 11.4. The minimum Gasteiger partial charge on any atom is -0.490 e. The summed E-state index contributed by atoms with van der Waals surface area (Å²) in [4.78, 5) is 11.8. The molecule has 2 N–H and O–H groups in total. The lowest BCUT2D eigenvalue weighted by molar-refractivity contribution is -0.116. The molecule has 0 aliphatic heterocycles. The van der Waals surface area contributed by atoms with Crippen molar-refractivity contribution in [3.8, 4) is 5.75 Å². The number of aromatic nitrogens is 2. The largest absolute Gasteiger partial charge is 0.490 e. The third-order valence-electron chi connectivity index (χ3n) is 2.82. The number of aromatic amines is 1. The SMILES string of the molecule is Cc1n[nH]c(C)c1NC(=O)CCOc1ccccc1F. The van der Waals surface area contributed by atoms with Gasteiger partial charge in [0.25, 0.3) is 0 Å². The van der Waals surface area contributed by atoms with Crippen LogP contribution in [-0.2, 0) is 4.79 Å². The highest BCUT2D eigenvalue weighted by Gasteiger charge is 2.10. The van der Waals surface area contributed by atoms with E-state index in [0.717, 1.165) is 11.4 Å². The van der Waals surface area contributed by atoms with Crippen molar-refractivity contribution in [1.82, 2.24) is 10.2 Å². The Bertz CT molecular complexity index is 591. The molecule has 1 heterocycles. The molecule has 6 heteroatoms. The molecular weight excluding hydrogens is 261 g/mol.